The second kappa shape index (κ2) is 35.1. The molecule has 0 unspecified atom stereocenters. The number of carbonyl (C=O) groups is 2. The van der Waals surface area contributed by atoms with Crippen molar-refractivity contribution in [3.05, 3.63) is 155 Å². The van der Waals surface area contributed by atoms with E-state index >= 15 is 0 Å². The monoisotopic (exact) mass is 1310 g/mol. The summed E-state index contributed by atoms with van der Waals surface area (Å²) in [6, 6.07) is 29.4. The maximum Gasteiger partial charge on any atom is 1.00 e. The third-order valence-electron chi connectivity index (χ3n) is 11.3. The summed E-state index contributed by atoms with van der Waals surface area (Å²) in [5, 5.41) is 73.4. The van der Waals surface area contributed by atoms with Crippen LogP contribution < -0.4 is 284 Å². The van der Waals surface area contributed by atoms with Crippen LogP contribution in [-0.4, -0.2) is 86.7 Å². The minimum atomic E-state index is -4.32. The molecule has 9 aromatic rings. The molecule has 0 saturated carbocycles. The van der Waals surface area contributed by atoms with Crippen LogP contribution in [0.1, 0.15) is 84.8 Å². The van der Waals surface area contributed by atoms with E-state index in [0.29, 0.717) is 23.4 Å². The van der Waals surface area contributed by atoms with Crippen molar-refractivity contribution in [2.24, 2.45) is 20.5 Å². The van der Waals surface area contributed by atoms with Crippen LogP contribution in [0.15, 0.2) is 140 Å². The SMILES string of the molecule is CC(C)(C)c1nn(-c2nc([O-])nc(-n3nc(C(C)(C)C)c(N=Nc4c(S(=O)(=O)c5ccccc5)cnn4-c4c[c-]cc(C(=O)[O-])c4)c3N)n2)c(N)c1N=Nc1c(Cc2ccccc2)cnn1-c1c[c-]cc(C(=O)[O-])c1.O=C=O.O=C=O.[K+].[K+].[K+].[K+].[K+]. The first-order valence-corrected chi connectivity index (χ1v) is 24.9. The number of carbonyl (C=O) groups excluding carboxylic acids is 6. The minimum absolute atomic E-state index is 0. The number of anilines is 2. The molecule has 0 bridgehead atoms. The summed E-state index contributed by atoms with van der Waals surface area (Å²) in [4.78, 5) is 68.2. The molecule has 9 rings (SSSR count). The number of benzene rings is 4. The van der Waals surface area contributed by atoms with Crippen LogP contribution in [0, 0.1) is 12.1 Å². The summed E-state index contributed by atoms with van der Waals surface area (Å²) in [7, 11) is -4.32. The second-order valence-electron chi connectivity index (χ2n) is 18.9. The van der Waals surface area contributed by atoms with E-state index in [9.17, 15) is 33.3 Å². The van der Waals surface area contributed by atoms with Crippen LogP contribution in [-0.2, 0) is 46.3 Å². The molecule has 0 aliphatic carbocycles. The van der Waals surface area contributed by atoms with Gasteiger partial charge in [-0.2, -0.15) is 90.3 Å². The molecule has 0 radical (unpaired) electrons. The zero-order valence-corrected chi connectivity index (χ0v) is 64.8. The zero-order valence-electron chi connectivity index (χ0n) is 48.4. The van der Waals surface area contributed by atoms with Crippen molar-refractivity contribution >= 4 is 68.7 Å². The molecule has 4 N–H and O–H groups in total. The van der Waals surface area contributed by atoms with Crippen LogP contribution in [0.2, 0.25) is 0 Å². The Labute approximate surface area is 703 Å². The number of aromatic nitrogens is 11. The van der Waals surface area contributed by atoms with Gasteiger partial charge in [0.2, 0.25) is 9.84 Å². The third-order valence-corrected chi connectivity index (χ3v) is 13.0. The van der Waals surface area contributed by atoms with Gasteiger partial charge in [-0.1, -0.05) is 90.1 Å². The first-order chi connectivity index (χ1) is 38.4. The average Bonchev–Trinajstić information content (AvgIpc) is 2.24. The molecule has 34 heteroatoms. The van der Waals surface area contributed by atoms with Crippen molar-refractivity contribution in [3.8, 4) is 29.3 Å². The van der Waals surface area contributed by atoms with Gasteiger partial charge < -0.3 is 36.4 Å². The van der Waals surface area contributed by atoms with Crippen LogP contribution >= 0.6 is 0 Å². The van der Waals surface area contributed by atoms with Crippen molar-refractivity contribution in [2.75, 3.05) is 11.5 Å². The number of hydrogen-bond donors (Lipinski definition) is 2. The number of hydrogen-bond acceptors (Lipinski definition) is 24. The molecule has 0 fully saturated rings. The number of aromatic carboxylic acids is 2. The van der Waals surface area contributed by atoms with Gasteiger partial charge >= 0.3 is 269 Å². The van der Waals surface area contributed by atoms with Crippen molar-refractivity contribution in [3.63, 3.8) is 0 Å². The number of nitrogens with zero attached hydrogens (tertiary/aromatic N) is 15. The number of carboxylic acid groups (broad SMARTS) is 2. The van der Waals surface area contributed by atoms with Gasteiger partial charge in [0.1, 0.15) is 4.90 Å². The Balaban J connectivity index is 0.00000220. The van der Waals surface area contributed by atoms with Crippen LogP contribution in [0.4, 0.5) is 34.6 Å². The van der Waals surface area contributed by atoms with Gasteiger partial charge in [-0.15, -0.1) is 43.7 Å². The molecular weight excluding hydrogens is 1270 g/mol. The molecule has 0 saturated heterocycles. The van der Waals surface area contributed by atoms with E-state index in [-0.39, 0.29) is 348 Å². The molecule has 86 heavy (non-hydrogen) atoms. The fraction of sp³-hybridized carbons (Fsp3) is 0.173. The van der Waals surface area contributed by atoms with E-state index in [0.717, 1.165) is 25.8 Å². The van der Waals surface area contributed by atoms with Gasteiger partial charge in [-0.25, -0.2) is 18.4 Å². The molecule has 5 aromatic heterocycles. The number of carboxylic acids is 2. The van der Waals surface area contributed by atoms with Crippen LogP contribution in [0.5, 0.6) is 6.01 Å². The molecule has 0 aliphatic rings. The predicted molar refractivity (Wildman–Crippen MR) is 273 cm³/mol. The van der Waals surface area contributed by atoms with Crippen LogP contribution in [0.25, 0.3) is 23.3 Å². The first kappa shape index (κ1) is 79.3. The molecule has 0 atom stereocenters. The maximum absolute atomic E-state index is 14.1. The number of sulfone groups is 1. The fourth-order valence-corrected chi connectivity index (χ4v) is 8.94. The minimum Gasteiger partial charge on any atom is -0.844 e. The summed E-state index contributed by atoms with van der Waals surface area (Å²) >= 11 is 0. The standard InChI is InChI=1S/C50H45N17O7S.2CO2.5K/c1-49(2,3)38-36(58-60-42-31(23-28-15-9-7-10-16-28)26-53-64(42)32-19-13-17-29(24-32)44(68)69)40(51)66(62-38)46-55-47(57-48(72)56-46)67-41(52)37(39(63-67)50(4,5)6)59-61-43-35(75(73,74)34-21-11-8-12-22-34)27-54-65(43)33-20-14-18-30(25-33)45(70)71;2*2-1-3;;;;;/h7-12,15-22,24-27H,23,51-52H2,1-6H3,(H,68,69)(H,70,71)(H,55,56,57,72);;;;;;;/q-2;;;5*+1/p-3. The summed E-state index contributed by atoms with van der Waals surface area (Å²) in [5.74, 6) is -4.14. The van der Waals surface area contributed by atoms with Gasteiger partial charge in [-0.3, -0.25) is 9.36 Å². The molecule has 5 heterocycles. The van der Waals surface area contributed by atoms with E-state index in [4.69, 9.17) is 35.7 Å². The van der Waals surface area contributed by atoms with E-state index in [1.807, 2.05) is 51.1 Å². The molecule has 28 nitrogen and oxygen atoms in total. The van der Waals surface area contributed by atoms with Crippen molar-refractivity contribution in [2.45, 2.75) is 68.6 Å². The number of nitrogens with two attached hydrogens (primary N) is 2. The van der Waals surface area contributed by atoms with E-state index in [2.05, 4.69) is 62.8 Å². The van der Waals surface area contributed by atoms with Gasteiger partial charge in [0, 0.05) is 34.8 Å². The van der Waals surface area contributed by atoms with Crippen LogP contribution in [0.3, 0.4) is 0 Å². The Morgan fingerprint density at radius 1 is 0.593 bits per heavy atom. The summed E-state index contributed by atoms with van der Waals surface area (Å²) < 4.78 is 32.8. The van der Waals surface area contributed by atoms with Gasteiger partial charge in [-0.05, 0) is 29.1 Å². The number of azo groups is 2. The maximum atomic E-state index is 14.1. The van der Waals surface area contributed by atoms with Gasteiger partial charge in [0.05, 0.1) is 34.7 Å². The summed E-state index contributed by atoms with van der Waals surface area (Å²) in [5.41, 5.74) is 14.1. The van der Waals surface area contributed by atoms with E-state index < -0.39 is 38.6 Å². The van der Waals surface area contributed by atoms with Gasteiger partial charge in [0.25, 0.3) is 11.9 Å². The van der Waals surface area contributed by atoms with Crippen molar-refractivity contribution in [1.29, 1.82) is 0 Å². The van der Waals surface area contributed by atoms with Crippen molar-refractivity contribution < 1.29 is 309 Å². The normalized spacial score (nSPS) is 10.9. The zero-order chi connectivity index (χ0) is 59.0. The fourth-order valence-electron chi connectivity index (χ4n) is 7.61. The average molecular weight is 1310 g/mol. The Hall–Kier alpha value is -2.84. The van der Waals surface area contributed by atoms with Gasteiger partial charge in [0.15, 0.2) is 34.6 Å². The largest absolute Gasteiger partial charge is 1.00 e. The Morgan fingerprint density at radius 3 is 1.43 bits per heavy atom. The van der Waals surface area contributed by atoms with Crippen molar-refractivity contribution in [1.82, 2.24) is 54.1 Å². The van der Waals surface area contributed by atoms with E-state index in [1.54, 1.807) is 45.2 Å². The number of nitrogen functional groups attached to an aromatic ring is 2. The summed E-state index contributed by atoms with van der Waals surface area (Å²) in [6.45, 7) is 10.9. The Morgan fingerprint density at radius 2 is 1.00 bits per heavy atom. The molecular formula is C52H42K5N17O11S. The molecule has 0 spiro atoms. The second-order valence-corrected chi connectivity index (χ2v) is 20.9. The quantitative estimate of drug-likeness (QED) is 0.0580. The smallest absolute Gasteiger partial charge is 0.844 e. The first-order valence-electron chi connectivity index (χ1n) is 23.4. The predicted octanol–water partition coefficient (Wildman–Crippen LogP) is -11.1. The molecule has 4 aromatic carbocycles. The Bertz CT molecular complexity index is 4080. The number of rotatable bonds is 14. The molecule has 412 valence electrons. The topological polar surface area (TPSA) is 417 Å². The van der Waals surface area contributed by atoms with E-state index in [1.165, 1.54) is 53.2 Å². The third kappa shape index (κ3) is 19.1. The Kier molecular flexibility index (Phi) is 32.4. The molecule has 0 amide bonds. The molecule has 0 aliphatic heterocycles. The summed E-state index contributed by atoms with van der Waals surface area (Å²) in [6.07, 6.45) is 3.52.